The number of rotatable bonds is 6. The van der Waals surface area contributed by atoms with E-state index in [4.69, 9.17) is 10.2 Å². The van der Waals surface area contributed by atoms with Crippen LogP contribution in [0, 0.1) is 0 Å². The molecule has 0 fully saturated rings. The summed E-state index contributed by atoms with van der Waals surface area (Å²) in [5, 5.41) is 18.5. The van der Waals surface area contributed by atoms with E-state index in [9.17, 15) is 0 Å². The largest absolute Gasteiger partial charge is 0.395 e. The molecule has 0 spiro atoms. The molecule has 1 aromatic heterocycles. The van der Waals surface area contributed by atoms with Gasteiger partial charge in [0, 0.05) is 30.5 Å². The minimum atomic E-state index is 0.0522. The average Bonchev–Trinajstić information content (AvgIpc) is 2.66. The first-order valence-corrected chi connectivity index (χ1v) is 5.76. The molecule has 1 heterocycles. The van der Waals surface area contributed by atoms with Crippen molar-refractivity contribution in [2.24, 2.45) is 0 Å². The summed E-state index contributed by atoms with van der Waals surface area (Å²) >= 11 is 1.31. The van der Waals surface area contributed by atoms with Crippen LogP contribution < -0.4 is 4.90 Å². The first-order valence-electron chi connectivity index (χ1n) is 4.99. The summed E-state index contributed by atoms with van der Waals surface area (Å²) in [5.74, 6) is 1.12. The molecule has 0 aliphatic carbocycles. The summed E-state index contributed by atoms with van der Waals surface area (Å²) in [5.41, 5.74) is 0. The molecule has 1 aromatic rings. The Labute approximate surface area is 93.6 Å². The van der Waals surface area contributed by atoms with Gasteiger partial charge in [-0.25, -0.2) is 4.98 Å². The quantitative estimate of drug-likeness (QED) is 0.744. The zero-order valence-corrected chi connectivity index (χ0v) is 9.87. The Morgan fingerprint density at radius 3 is 2.27 bits per heavy atom. The molecule has 0 amide bonds. The highest BCUT2D eigenvalue weighted by Crippen LogP contribution is 2.20. The lowest BCUT2D eigenvalue weighted by atomic mass is 10.2. The lowest BCUT2D eigenvalue weighted by Gasteiger charge is -2.18. The second kappa shape index (κ2) is 5.99. The van der Waals surface area contributed by atoms with Gasteiger partial charge in [-0.1, -0.05) is 13.8 Å². The summed E-state index contributed by atoms with van der Waals surface area (Å²) in [4.78, 5) is 6.20. The number of nitrogens with zero attached hydrogens (tertiary/aromatic N) is 3. The smallest absolute Gasteiger partial charge is 0.205 e. The van der Waals surface area contributed by atoms with Crippen molar-refractivity contribution in [3.63, 3.8) is 0 Å². The van der Waals surface area contributed by atoms with Gasteiger partial charge in [0.15, 0.2) is 0 Å². The van der Waals surface area contributed by atoms with Gasteiger partial charge in [0.05, 0.1) is 13.2 Å². The average molecular weight is 231 g/mol. The second-order valence-corrected chi connectivity index (χ2v) is 4.25. The molecule has 0 aliphatic heterocycles. The number of aromatic nitrogens is 2. The fraction of sp³-hybridized carbons (Fsp3) is 0.778. The number of hydrogen-bond donors (Lipinski definition) is 2. The Balaban J connectivity index is 2.72. The number of aliphatic hydroxyl groups is 2. The molecule has 0 saturated carbocycles. The van der Waals surface area contributed by atoms with Gasteiger partial charge >= 0.3 is 0 Å². The van der Waals surface area contributed by atoms with E-state index >= 15 is 0 Å². The minimum Gasteiger partial charge on any atom is -0.395 e. The Bertz CT molecular complexity index is 285. The highest BCUT2D eigenvalue weighted by Gasteiger charge is 2.13. The topological polar surface area (TPSA) is 69.5 Å². The molecule has 0 aliphatic rings. The van der Waals surface area contributed by atoms with E-state index in [0.29, 0.717) is 19.0 Å². The zero-order valence-electron chi connectivity index (χ0n) is 9.05. The molecular weight excluding hydrogens is 214 g/mol. The van der Waals surface area contributed by atoms with Crippen LogP contribution in [0.1, 0.15) is 25.6 Å². The van der Waals surface area contributed by atoms with Crippen molar-refractivity contribution in [2.45, 2.75) is 19.8 Å². The van der Waals surface area contributed by atoms with Crippen LogP contribution in [0.5, 0.6) is 0 Å². The summed E-state index contributed by atoms with van der Waals surface area (Å²) in [7, 11) is 0. The van der Waals surface area contributed by atoms with Crippen molar-refractivity contribution in [3.05, 3.63) is 5.82 Å². The maximum atomic E-state index is 8.87. The van der Waals surface area contributed by atoms with Gasteiger partial charge in [-0.05, 0) is 0 Å². The van der Waals surface area contributed by atoms with Gasteiger partial charge in [0.25, 0.3) is 0 Å². The van der Waals surface area contributed by atoms with Gasteiger partial charge in [-0.2, -0.15) is 4.37 Å². The fourth-order valence-electron chi connectivity index (χ4n) is 1.13. The Morgan fingerprint density at radius 1 is 1.27 bits per heavy atom. The fourth-order valence-corrected chi connectivity index (χ4v) is 1.99. The van der Waals surface area contributed by atoms with E-state index in [1.807, 2.05) is 18.7 Å². The third kappa shape index (κ3) is 3.40. The van der Waals surface area contributed by atoms with Gasteiger partial charge in [-0.15, -0.1) is 0 Å². The predicted octanol–water partition coefficient (Wildman–Crippen LogP) is 0.452. The third-order valence-electron chi connectivity index (χ3n) is 1.96. The van der Waals surface area contributed by atoms with Crippen molar-refractivity contribution in [1.82, 2.24) is 9.36 Å². The Hall–Kier alpha value is -0.720. The van der Waals surface area contributed by atoms with Crippen LogP contribution in [0.3, 0.4) is 0 Å². The van der Waals surface area contributed by atoms with Crippen molar-refractivity contribution in [1.29, 1.82) is 0 Å². The van der Waals surface area contributed by atoms with E-state index in [1.165, 1.54) is 11.5 Å². The van der Waals surface area contributed by atoms with Crippen LogP contribution in [-0.2, 0) is 0 Å². The van der Waals surface area contributed by atoms with Crippen LogP contribution in [-0.4, -0.2) is 45.9 Å². The number of aliphatic hydroxyl groups excluding tert-OH is 2. The molecule has 15 heavy (non-hydrogen) atoms. The Morgan fingerprint density at radius 2 is 1.87 bits per heavy atom. The standard InChI is InChI=1S/C9H17N3O2S/c1-7(2)8-10-9(15-11-8)12(3-5-13)4-6-14/h7,13-14H,3-6H2,1-2H3. The SMILES string of the molecule is CC(C)c1nsc(N(CCO)CCO)n1. The zero-order chi connectivity index (χ0) is 11.3. The number of hydrogen-bond acceptors (Lipinski definition) is 6. The molecular formula is C9H17N3O2S. The van der Waals surface area contributed by atoms with Crippen molar-refractivity contribution in [2.75, 3.05) is 31.2 Å². The highest BCUT2D eigenvalue weighted by atomic mass is 32.1. The molecule has 86 valence electrons. The summed E-state index contributed by atoms with van der Waals surface area (Å²) in [6.07, 6.45) is 0. The molecule has 1 rings (SSSR count). The first kappa shape index (κ1) is 12.4. The molecule has 2 N–H and O–H groups in total. The van der Waals surface area contributed by atoms with Crippen LogP contribution >= 0.6 is 11.5 Å². The Kier molecular flexibility index (Phi) is 4.93. The van der Waals surface area contributed by atoms with E-state index in [1.54, 1.807) is 0 Å². The van der Waals surface area contributed by atoms with Crippen LogP contribution in [0.2, 0.25) is 0 Å². The minimum absolute atomic E-state index is 0.0522. The summed E-state index contributed by atoms with van der Waals surface area (Å²) < 4.78 is 4.23. The third-order valence-corrected chi connectivity index (χ3v) is 2.75. The molecule has 0 aromatic carbocycles. The molecule has 0 radical (unpaired) electrons. The van der Waals surface area contributed by atoms with E-state index in [2.05, 4.69) is 9.36 Å². The second-order valence-electron chi connectivity index (χ2n) is 3.52. The number of anilines is 1. The molecule has 0 unspecified atom stereocenters. The monoisotopic (exact) mass is 231 g/mol. The maximum Gasteiger partial charge on any atom is 0.205 e. The lowest BCUT2D eigenvalue weighted by molar-refractivity contribution is 0.281. The van der Waals surface area contributed by atoms with Crippen molar-refractivity contribution in [3.8, 4) is 0 Å². The molecule has 5 nitrogen and oxygen atoms in total. The van der Waals surface area contributed by atoms with Gasteiger partial charge in [0.2, 0.25) is 5.13 Å². The van der Waals surface area contributed by atoms with Gasteiger partial charge in [-0.3, -0.25) is 0 Å². The molecule has 0 saturated heterocycles. The summed E-state index contributed by atoms with van der Waals surface area (Å²) in [6, 6.07) is 0. The van der Waals surface area contributed by atoms with Crippen LogP contribution in [0.4, 0.5) is 5.13 Å². The molecule has 6 heteroatoms. The molecule has 0 bridgehead atoms. The maximum absolute atomic E-state index is 8.87. The first-order chi connectivity index (χ1) is 7.19. The van der Waals surface area contributed by atoms with Crippen molar-refractivity contribution >= 4 is 16.7 Å². The predicted molar refractivity (Wildman–Crippen MR) is 60.4 cm³/mol. The van der Waals surface area contributed by atoms with E-state index in [-0.39, 0.29) is 13.2 Å². The van der Waals surface area contributed by atoms with Crippen molar-refractivity contribution < 1.29 is 10.2 Å². The van der Waals surface area contributed by atoms with Gasteiger partial charge < -0.3 is 15.1 Å². The lowest BCUT2D eigenvalue weighted by Crippen LogP contribution is -2.29. The highest BCUT2D eigenvalue weighted by molar-refractivity contribution is 7.09. The normalized spacial score (nSPS) is 11.0. The molecule has 0 atom stereocenters. The van der Waals surface area contributed by atoms with Gasteiger partial charge in [0.1, 0.15) is 5.82 Å². The van der Waals surface area contributed by atoms with Crippen LogP contribution in [0.25, 0.3) is 0 Å². The van der Waals surface area contributed by atoms with Crippen LogP contribution in [0.15, 0.2) is 0 Å². The summed E-state index contributed by atoms with van der Waals surface area (Å²) in [6.45, 7) is 5.14. The van der Waals surface area contributed by atoms with E-state index < -0.39 is 0 Å². The van der Waals surface area contributed by atoms with E-state index in [0.717, 1.165) is 11.0 Å².